The molecule has 0 aromatic rings. The zero-order chi connectivity index (χ0) is 21.3. The van der Waals surface area contributed by atoms with Crippen molar-refractivity contribution in [2.45, 2.75) is 161 Å². The molecule has 1 atom stereocenters. The van der Waals surface area contributed by atoms with Gasteiger partial charge in [0.15, 0.2) is 0 Å². The maximum absolute atomic E-state index is 3.55. The van der Waals surface area contributed by atoms with Crippen molar-refractivity contribution in [2.24, 2.45) is 0 Å². The molecule has 0 aliphatic heterocycles. The van der Waals surface area contributed by atoms with Crippen molar-refractivity contribution in [3.05, 3.63) is 12.2 Å². The molecule has 0 rings (SSSR count). The maximum atomic E-state index is 3.55. The zero-order valence-electron chi connectivity index (χ0n) is 20.8. The minimum atomic E-state index is 0.760. The number of hydrogen-bond acceptors (Lipinski definition) is 1. The SMILES string of the molecule is CCCCCCCCC=CCCCCCCCC(CCCCCCCCC)NC. The summed E-state index contributed by atoms with van der Waals surface area (Å²) in [7, 11) is 2.16. The van der Waals surface area contributed by atoms with Crippen LogP contribution in [0.5, 0.6) is 0 Å². The molecule has 29 heavy (non-hydrogen) atoms. The predicted octanol–water partition coefficient (Wildman–Crippen LogP) is 9.75. The monoisotopic (exact) mass is 407 g/mol. The lowest BCUT2D eigenvalue weighted by atomic mass is 10.00. The van der Waals surface area contributed by atoms with E-state index in [1.807, 2.05) is 0 Å². The molecule has 0 aliphatic rings. The van der Waals surface area contributed by atoms with Crippen LogP contribution in [0.3, 0.4) is 0 Å². The summed E-state index contributed by atoms with van der Waals surface area (Å²) < 4.78 is 0. The van der Waals surface area contributed by atoms with E-state index in [4.69, 9.17) is 0 Å². The predicted molar refractivity (Wildman–Crippen MR) is 135 cm³/mol. The lowest BCUT2D eigenvalue weighted by Gasteiger charge is -2.16. The van der Waals surface area contributed by atoms with Gasteiger partial charge in [-0.05, 0) is 45.6 Å². The van der Waals surface area contributed by atoms with E-state index >= 15 is 0 Å². The van der Waals surface area contributed by atoms with E-state index in [0.717, 1.165) is 6.04 Å². The first kappa shape index (κ1) is 28.7. The molecule has 0 spiro atoms. The Labute approximate surface area is 185 Å². The van der Waals surface area contributed by atoms with Crippen LogP contribution >= 0.6 is 0 Å². The normalized spacial score (nSPS) is 12.8. The Bertz CT molecular complexity index is 309. The zero-order valence-corrected chi connectivity index (χ0v) is 20.8. The largest absolute Gasteiger partial charge is 0.317 e. The summed E-state index contributed by atoms with van der Waals surface area (Å²) in [5.41, 5.74) is 0. The van der Waals surface area contributed by atoms with Crippen molar-refractivity contribution < 1.29 is 0 Å². The average Bonchev–Trinajstić information content (AvgIpc) is 2.74. The molecule has 0 radical (unpaired) electrons. The fraction of sp³-hybridized carbons (Fsp3) is 0.929. The number of nitrogens with one attached hydrogen (secondary N) is 1. The maximum Gasteiger partial charge on any atom is 0.00640 e. The third-order valence-electron chi connectivity index (χ3n) is 6.38. The molecule has 0 saturated heterocycles. The van der Waals surface area contributed by atoms with Crippen LogP contribution < -0.4 is 5.32 Å². The van der Waals surface area contributed by atoms with Crippen LogP contribution in [0.1, 0.15) is 155 Å². The van der Waals surface area contributed by atoms with Gasteiger partial charge in [0.2, 0.25) is 0 Å². The minimum Gasteiger partial charge on any atom is -0.317 e. The van der Waals surface area contributed by atoms with E-state index in [2.05, 4.69) is 38.4 Å². The van der Waals surface area contributed by atoms with Gasteiger partial charge < -0.3 is 5.32 Å². The molecule has 0 saturated carbocycles. The fourth-order valence-corrected chi connectivity index (χ4v) is 4.24. The highest BCUT2D eigenvalue weighted by Crippen LogP contribution is 2.14. The summed E-state index contributed by atoms with van der Waals surface area (Å²) in [5, 5.41) is 3.55. The van der Waals surface area contributed by atoms with E-state index in [9.17, 15) is 0 Å². The van der Waals surface area contributed by atoms with E-state index in [1.165, 1.54) is 141 Å². The van der Waals surface area contributed by atoms with Crippen LogP contribution in [-0.2, 0) is 0 Å². The van der Waals surface area contributed by atoms with E-state index in [0.29, 0.717) is 0 Å². The second kappa shape index (κ2) is 25.7. The number of allylic oxidation sites excluding steroid dienone is 2. The summed E-state index contributed by atoms with van der Waals surface area (Å²) in [6, 6.07) is 0.760. The standard InChI is InChI=1S/C28H57N/c1-4-6-8-10-12-13-14-15-16-17-18-19-21-23-25-27-28(29-3)26-24-22-20-11-9-7-5-2/h15-16,28-29H,4-14,17-27H2,1-3H3. The molecule has 0 aliphatic carbocycles. The van der Waals surface area contributed by atoms with Crippen LogP contribution in [0, 0.1) is 0 Å². The molecule has 1 unspecified atom stereocenters. The first-order valence-corrected chi connectivity index (χ1v) is 13.7. The molecule has 1 nitrogen and oxygen atoms in total. The van der Waals surface area contributed by atoms with Crippen molar-refractivity contribution in [1.29, 1.82) is 0 Å². The van der Waals surface area contributed by atoms with Gasteiger partial charge in [-0.25, -0.2) is 0 Å². The molecule has 1 heteroatoms. The Balaban J connectivity index is 3.31. The molecular formula is C28H57N. The van der Waals surface area contributed by atoms with E-state index < -0.39 is 0 Å². The summed E-state index contributed by atoms with van der Waals surface area (Å²) in [6.07, 6.45) is 35.8. The lowest BCUT2D eigenvalue weighted by molar-refractivity contribution is 0.436. The molecule has 1 N–H and O–H groups in total. The van der Waals surface area contributed by atoms with Crippen molar-refractivity contribution in [2.75, 3.05) is 7.05 Å². The summed E-state index contributed by atoms with van der Waals surface area (Å²) in [4.78, 5) is 0. The third kappa shape index (κ3) is 23.8. The fourth-order valence-electron chi connectivity index (χ4n) is 4.24. The second-order valence-corrected chi connectivity index (χ2v) is 9.27. The van der Waals surface area contributed by atoms with Crippen molar-refractivity contribution in [1.82, 2.24) is 5.32 Å². The van der Waals surface area contributed by atoms with Crippen molar-refractivity contribution in [3.63, 3.8) is 0 Å². The van der Waals surface area contributed by atoms with Gasteiger partial charge in [0.05, 0.1) is 0 Å². The minimum absolute atomic E-state index is 0.760. The summed E-state index contributed by atoms with van der Waals surface area (Å²) in [6.45, 7) is 4.59. The van der Waals surface area contributed by atoms with Crippen LogP contribution in [0.25, 0.3) is 0 Å². The van der Waals surface area contributed by atoms with E-state index in [-0.39, 0.29) is 0 Å². The Morgan fingerprint density at radius 3 is 1.21 bits per heavy atom. The third-order valence-corrected chi connectivity index (χ3v) is 6.38. The molecule has 0 amide bonds. The van der Waals surface area contributed by atoms with Gasteiger partial charge in [-0.1, -0.05) is 129 Å². The molecular weight excluding hydrogens is 350 g/mol. The smallest absolute Gasteiger partial charge is 0.00640 e. The Kier molecular flexibility index (Phi) is 25.5. The quantitative estimate of drug-likeness (QED) is 0.124. The highest BCUT2D eigenvalue weighted by Gasteiger charge is 2.05. The first-order valence-electron chi connectivity index (χ1n) is 13.7. The van der Waals surface area contributed by atoms with Gasteiger partial charge in [-0.2, -0.15) is 0 Å². The Morgan fingerprint density at radius 2 is 0.828 bits per heavy atom. The second-order valence-electron chi connectivity index (χ2n) is 9.27. The highest BCUT2D eigenvalue weighted by atomic mass is 14.9. The lowest BCUT2D eigenvalue weighted by Crippen LogP contribution is -2.24. The molecule has 0 heterocycles. The highest BCUT2D eigenvalue weighted by molar-refractivity contribution is 4.81. The number of hydrogen-bond donors (Lipinski definition) is 1. The molecule has 0 aromatic heterocycles. The number of unbranched alkanes of at least 4 members (excludes halogenated alkanes) is 17. The summed E-state index contributed by atoms with van der Waals surface area (Å²) >= 11 is 0. The van der Waals surface area contributed by atoms with Crippen molar-refractivity contribution in [3.8, 4) is 0 Å². The van der Waals surface area contributed by atoms with E-state index in [1.54, 1.807) is 0 Å². The Hall–Kier alpha value is -0.300. The number of rotatable bonds is 24. The molecule has 174 valence electrons. The van der Waals surface area contributed by atoms with Crippen molar-refractivity contribution >= 4 is 0 Å². The average molecular weight is 408 g/mol. The van der Waals surface area contributed by atoms with Crippen LogP contribution in [0.15, 0.2) is 12.2 Å². The molecule has 0 fully saturated rings. The van der Waals surface area contributed by atoms with Gasteiger partial charge in [-0.3, -0.25) is 0 Å². The van der Waals surface area contributed by atoms with Gasteiger partial charge in [0, 0.05) is 6.04 Å². The molecule has 0 bridgehead atoms. The molecule has 0 aromatic carbocycles. The van der Waals surface area contributed by atoms with Gasteiger partial charge in [-0.15, -0.1) is 0 Å². The van der Waals surface area contributed by atoms with Crippen LogP contribution in [0.2, 0.25) is 0 Å². The van der Waals surface area contributed by atoms with Gasteiger partial charge >= 0.3 is 0 Å². The van der Waals surface area contributed by atoms with Gasteiger partial charge in [0.1, 0.15) is 0 Å². The van der Waals surface area contributed by atoms with Crippen LogP contribution in [0.4, 0.5) is 0 Å². The topological polar surface area (TPSA) is 12.0 Å². The first-order chi connectivity index (χ1) is 14.3. The summed E-state index contributed by atoms with van der Waals surface area (Å²) in [5.74, 6) is 0. The van der Waals surface area contributed by atoms with Crippen LogP contribution in [-0.4, -0.2) is 13.1 Å². The Morgan fingerprint density at radius 1 is 0.483 bits per heavy atom. The van der Waals surface area contributed by atoms with Gasteiger partial charge in [0.25, 0.3) is 0 Å².